The lowest BCUT2D eigenvalue weighted by atomic mass is 9.92. The molecule has 3 rings (SSSR count). The molecule has 1 aromatic rings. The number of rotatable bonds is 3. The van der Waals surface area contributed by atoms with Gasteiger partial charge in [-0.05, 0) is 62.0 Å². The summed E-state index contributed by atoms with van der Waals surface area (Å²) in [6.07, 6.45) is 2.29. The molecule has 0 spiro atoms. The lowest BCUT2D eigenvalue weighted by Crippen LogP contribution is -2.32. The zero-order valence-corrected chi connectivity index (χ0v) is 15.6. The van der Waals surface area contributed by atoms with E-state index in [1.807, 2.05) is 23.9 Å². The summed E-state index contributed by atoms with van der Waals surface area (Å²) in [5.74, 6) is 1.74. The van der Waals surface area contributed by atoms with Crippen LogP contribution in [0.4, 0.5) is 0 Å². The molecule has 128 valence electrons. The Morgan fingerprint density at radius 3 is 2.22 bits per heavy atom. The number of nitrogens with one attached hydrogen (secondary N) is 1. The number of amides is 1. The van der Waals surface area contributed by atoms with E-state index in [9.17, 15) is 4.79 Å². The number of fused-ring (bicyclic) bond motifs is 1. The molecule has 0 bridgehead atoms. The number of hydrogen-bond acceptors (Lipinski definition) is 3. The summed E-state index contributed by atoms with van der Waals surface area (Å²) in [6.45, 7) is 8.45. The van der Waals surface area contributed by atoms with Crippen molar-refractivity contribution in [3.05, 3.63) is 29.8 Å². The molecule has 2 aliphatic rings. The van der Waals surface area contributed by atoms with E-state index >= 15 is 0 Å². The number of carbonyl (C=O) groups excluding carboxylic acids is 1. The molecule has 0 unspecified atom stereocenters. The van der Waals surface area contributed by atoms with Crippen molar-refractivity contribution in [2.45, 2.75) is 36.8 Å². The Hall–Kier alpha value is -0.710. The van der Waals surface area contributed by atoms with Crippen molar-refractivity contribution in [3.8, 4) is 0 Å². The van der Waals surface area contributed by atoms with Crippen molar-refractivity contribution in [1.29, 1.82) is 0 Å². The van der Waals surface area contributed by atoms with E-state index in [1.54, 1.807) is 0 Å². The second-order valence-corrected chi connectivity index (χ2v) is 8.39. The van der Waals surface area contributed by atoms with Crippen molar-refractivity contribution in [2.24, 2.45) is 11.8 Å². The van der Waals surface area contributed by atoms with E-state index in [0.717, 1.165) is 56.4 Å². The van der Waals surface area contributed by atoms with Gasteiger partial charge in [0.2, 0.25) is 0 Å². The summed E-state index contributed by atoms with van der Waals surface area (Å²) in [7, 11) is 0. The predicted molar refractivity (Wildman–Crippen MR) is 99.7 cm³/mol. The molecule has 0 radical (unpaired) electrons. The van der Waals surface area contributed by atoms with Gasteiger partial charge in [-0.15, -0.1) is 24.2 Å². The minimum atomic E-state index is 0. The second kappa shape index (κ2) is 8.41. The Balaban J connectivity index is 0.00000192. The van der Waals surface area contributed by atoms with Crippen LogP contribution in [0.2, 0.25) is 0 Å². The Morgan fingerprint density at radius 1 is 1.13 bits per heavy atom. The highest BCUT2D eigenvalue weighted by Gasteiger charge is 2.31. The molecule has 0 aromatic heterocycles. The Labute approximate surface area is 150 Å². The molecule has 2 saturated heterocycles. The fourth-order valence-electron chi connectivity index (χ4n) is 3.55. The Kier molecular flexibility index (Phi) is 6.81. The molecule has 1 aromatic carbocycles. The van der Waals surface area contributed by atoms with Crippen LogP contribution in [0.1, 0.15) is 37.0 Å². The first-order chi connectivity index (χ1) is 10.6. The SMILES string of the molecule is CC(C)Sc1ccc(C(=O)N2CC[C@@H]3CNC[C@@H]3CC2)cc1.Cl. The molecule has 1 amide bonds. The number of hydrogen-bond donors (Lipinski definition) is 1. The summed E-state index contributed by atoms with van der Waals surface area (Å²) in [5, 5.41) is 4.05. The quantitative estimate of drug-likeness (QED) is 0.840. The molecule has 2 aliphatic heterocycles. The van der Waals surface area contributed by atoms with Gasteiger partial charge in [0.15, 0.2) is 0 Å². The molecule has 5 heteroatoms. The molecular formula is C18H27ClN2OS. The molecule has 0 saturated carbocycles. The second-order valence-electron chi connectivity index (χ2n) is 6.74. The maximum atomic E-state index is 12.7. The van der Waals surface area contributed by atoms with Gasteiger partial charge < -0.3 is 10.2 Å². The van der Waals surface area contributed by atoms with Crippen LogP contribution in [0.5, 0.6) is 0 Å². The summed E-state index contributed by atoms with van der Waals surface area (Å²) >= 11 is 1.84. The van der Waals surface area contributed by atoms with Crippen molar-refractivity contribution >= 4 is 30.1 Å². The fourth-order valence-corrected chi connectivity index (χ4v) is 4.39. The van der Waals surface area contributed by atoms with Gasteiger partial charge >= 0.3 is 0 Å². The standard InChI is InChI=1S/C18H26N2OS.ClH/c1-13(2)22-17-5-3-14(4-6-17)18(21)20-9-7-15-11-19-12-16(15)8-10-20;/h3-6,13,15-16,19H,7-12H2,1-2H3;1H/t15-,16+;. The van der Waals surface area contributed by atoms with Crippen molar-refractivity contribution in [1.82, 2.24) is 10.2 Å². The zero-order chi connectivity index (χ0) is 15.5. The lowest BCUT2D eigenvalue weighted by Gasteiger charge is -2.21. The minimum absolute atomic E-state index is 0. The van der Waals surface area contributed by atoms with Gasteiger partial charge in [-0.3, -0.25) is 4.79 Å². The van der Waals surface area contributed by atoms with Gasteiger partial charge in [0.25, 0.3) is 5.91 Å². The largest absolute Gasteiger partial charge is 0.339 e. The molecule has 2 atom stereocenters. The average Bonchev–Trinajstić information content (AvgIpc) is 2.85. The predicted octanol–water partition coefficient (Wildman–Crippen LogP) is 3.68. The van der Waals surface area contributed by atoms with Crippen LogP contribution >= 0.6 is 24.2 Å². The third kappa shape index (κ3) is 4.65. The first-order valence-corrected chi connectivity index (χ1v) is 9.28. The normalized spacial score (nSPS) is 24.0. The fraction of sp³-hybridized carbons (Fsp3) is 0.611. The van der Waals surface area contributed by atoms with Gasteiger partial charge in [0.05, 0.1) is 0 Å². The molecule has 2 heterocycles. The van der Waals surface area contributed by atoms with E-state index < -0.39 is 0 Å². The van der Waals surface area contributed by atoms with E-state index in [2.05, 4.69) is 36.2 Å². The van der Waals surface area contributed by atoms with Gasteiger partial charge in [-0.25, -0.2) is 0 Å². The van der Waals surface area contributed by atoms with Crippen LogP contribution in [0.25, 0.3) is 0 Å². The zero-order valence-electron chi connectivity index (χ0n) is 14.0. The van der Waals surface area contributed by atoms with E-state index in [1.165, 1.54) is 4.90 Å². The first kappa shape index (κ1) is 18.6. The molecule has 2 fully saturated rings. The highest BCUT2D eigenvalue weighted by molar-refractivity contribution is 7.99. The number of benzene rings is 1. The molecule has 1 N–H and O–H groups in total. The van der Waals surface area contributed by atoms with E-state index in [-0.39, 0.29) is 18.3 Å². The number of halogens is 1. The first-order valence-electron chi connectivity index (χ1n) is 8.40. The molecule has 0 aliphatic carbocycles. The lowest BCUT2D eigenvalue weighted by molar-refractivity contribution is 0.0758. The third-order valence-corrected chi connectivity index (χ3v) is 5.80. The van der Waals surface area contributed by atoms with Crippen molar-refractivity contribution in [3.63, 3.8) is 0 Å². The monoisotopic (exact) mass is 354 g/mol. The van der Waals surface area contributed by atoms with E-state index in [0.29, 0.717) is 5.25 Å². The van der Waals surface area contributed by atoms with Gasteiger partial charge in [0.1, 0.15) is 0 Å². The maximum absolute atomic E-state index is 12.7. The summed E-state index contributed by atoms with van der Waals surface area (Å²) < 4.78 is 0. The smallest absolute Gasteiger partial charge is 0.253 e. The highest BCUT2D eigenvalue weighted by atomic mass is 35.5. The van der Waals surface area contributed by atoms with Gasteiger partial charge in [-0.1, -0.05) is 13.8 Å². The van der Waals surface area contributed by atoms with Crippen LogP contribution in [0.3, 0.4) is 0 Å². The minimum Gasteiger partial charge on any atom is -0.339 e. The number of thioether (sulfide) groups is 1. The molecule has 3 nitrogen and oxygen atoms in total. The summed E-state index contributed by atoms with van der Waals surface area (Å²) in [5.41, 5.74) is 0.832. The number of likely N-dealkylation sites (tertiary alicyclic amines) is 1. The number of carbonyl (C=O) groups is 1. The van der Waals surface area contributed by atoms with Crippen LogP contribution in [-0.4, -0.2) is 42.2 Å². The summed E-state index contributed by atoms with van der Waals surface area (Å²) in [6, 6.07) is 8.13. The Morgan fingerprint density at radius 2 is 1.70 bits per heavy atom. The van der Waals surface area contributed by atoms with Crippen molar-refractivity contribution < 1.29 is 4.79 Å². The Bertz CT molecular complexity index is 506. The van der Waals surface area contributed by atoms with Crippen LogP contribution in [0.15, 0.2) is 29.2 Å². The summed E-state index contributed by atoms with van der Waals surface area (Å²) in [4.78, 5) is 16.0. The van der Waals surface area contributed by atoms with Crippen LogP contribution in [0, 0.1) is 11.8 Å². The van der Waals surface area contributed by atoms with Gasteiger partial charge in [0, 0.05) is 28.8 Å². The highest BCUT2D eigenvalue weighted by Crippen LogP contribution is 2.28. The van der Waals surface area contributed by atoms with Gasteiger partial charge in [-0.2, -0.15) is 0 Å². The number of nitrogens with zero attached hydrogens (tertiary/aromatic N) is 1. The topological polar surface area (TPSA) is 32.3 Å². The van der Waals surface area contributed by atoms with E-state index in [4.69, 9.17) is 0 Å². The molecular weight excluding hydrogens is 328 g/mol. The molecule has 23 heavy (non-hydrogen) atoms. The van der Waals surface area contributed by atoms with Crippen LogP contribution < -0.4 is 5.32 Å². The average molecular weight is 355 g/mol. The van der Waals surface area contributed by atoms with Crippen molar-refractivity contribution in [2.75, 3.05) is 26.2 Å². The maximum Gasteiger partial charge on any atom is 0.253 e. The van der Waals surface area contributed by atoms with Crippen LogP contribution in [-0.2, 0) is 0 Å². The third-order valence-electron chi connectivity index (χ3n) is 4.78.